The third-order valence-corrected chi connectivity index (χ3v) is 5.88. The Morgan fingerprint density at radius 2 is 1.70 bits per heavy atom. The van der Waals surface area contributed by atoms with Gasteiger partial charge in [-0.25, -0.2) is 0 Å². The number of rotatable bonds is 8. The minimum Gasteiger partial charge on any atom is -0.391 e. The van der Waals surface area contributed by atoms with Crippen molar-refractivity contribution in [3.8, 4) is 0 Å². The molecule has 3 rings (SSSR count). The van der Waals surface area contributed by atoms with Crippen molar-refractivity contribution in [1.29, 1.82) is 0 Å². The molecule has 0 bridgehead atoms. The summed E-state index contributed by atoms with van der Waals surface area (Å²) in [5.41, 5.74) is 11.1. The Bertz CT molecular complexity index is 1040. The summed E-state index contributed by atoms with van der Waals surface area (Å²) in [5, 5.41) is 10.8. The van der Waals surface area contributed by atoms with Crippen molar-refractivity contribution >= 4 is 0 Å². The Balaban J connectivity index is 2.07. The number of hydrogen-bond acceptors (Lipinski definition) is 2. The van der Waals surface area contributed by atoms with Crippen LogP contribution in [0.4, 0.5) is 0 Å². The lowest BCUT2D eigenvalue weighted by atomic mass is 9.78. The molecule has 1 unspecified atom stereocenters. The number of aromatic amines is 1. The van der Waals surface area contributed by atoms with Crippen molar-refractivity contribution in [3.05, 3.63) is 112 Å². The minimum atomic E-state index is 0.0860. The van der Waals surface area contributed by atoms with Gasteiger partial charge in [-0.05, 0) is 62.8 Å². The molecule has 0 amide bonds. The van der Waals surface area contributed by atoms with E-state index >= 15 is 0 Å². The molecule has 156 valence electrons. The van der Waals surface area contributed by atoms with E-state index < -0.39 is 0 Å². The van der Waals surface area contributed by atoms with Gasteiger partial charge >= 0.3 is 0 Å². The molecule has 0 saturated heterocycles. The van der Waals surface area contributed by atoms with Gasteiger partial charge in [0.25, 0.3) is 0 Å². The third kappa shape index (κ3) is 4.73. The van der Waals surface area contributed by atoms with Crippen molar-refractivity contribution < 1.29 is 0 Å². The van der Waals surface area contributed by atoms with Gasteiger partial charge in [0.1, 0.15) is 0 Å². The molecule has 3 nitrogen and oxygen atoms in total. The molecule has 2 aromatic carbocycles. The number of benzene rings is 2. The lowest BCUT2D eigenvalue weighted by molar-refractivity contribution is 0.845. The predicted octanol–water partition coefficient (Wildman–Crippen LogP) is 6.01. The van der Waals surface area contributed by atoms with E-state index in [9.17, 15) is 0 Å². The van der Waals surface area contributed by atoms with E-state index in [1.807, 2.05) is 13.2 Å². The Morgan fingerprint density at radius 1 is 1.00 bits per heavy atom. The van der Waals surface area contributed by atoms with Crippen LogP contribution in [0.25, 0.3) is 0 Å². The molecule has 1 atom stereocenters. The molecule has 0 aliphatic carbocycles. The SMILES string of the molecule is C=C(C)/C(=C(/C)NC)C(c1ccccc1CCc1ccc(C)cc1)c1cn[nH]c1C. The van der Waals surface area contributed by atoms with E-state index in [2.05, 4.69) is 98.3 Å². The van der Waals surface area contributed by atoms with Crippen LogP contribution < -0.4 is 5.32 Å². The standard InChI is InChI=1S/C27H33N3/c1-18(2)26(21(5)28-6)27(25-17-29-30-20(25)4)24-10-8-7-9-23(24)16-15-22-13-11-19(3)12-14-22/h7-14,17,27-28H,1,15-16H2,2-6H3,(H,29,30)/b26-21+. The summed E-state index contributed by atoms with van der Waals surface area (Å²) in [7, 11) is 1.97. The van der Waals surface area contributed by atoms with Gasteiger partial charge in [0.15, 0.2) is 0 Å². The van der Waals surface area contributed by atoms with Crippen LogP contribution in [-0.2, 0) is 12.8 Å². The van der Waals surface area contributed by atoms with Gasteiger partial charge < -0.3 is 5.32 Å². The number of aromatic nitrogens is 2. The molecular weight excluding hydrogens is 366 g/mol. The molecule has 1 aromatic heterocycles. The molecule has 0 spiro atoms. The second-order valence-corrected chi connectivity index (χ2v) is 8.14. The maximum absolute atomic E-state index is 4.33. The summed E-state index contributed by atoms with van der Waals surface area (Å²) < 4.78 is 0. The smallest absolute Gasteiger partial charge is 0.0531 e. The zero-order valence-corrected chi connectivity index (χ0v) is 18.8. The molecule has 30 heavy (non-hydrogen) atoms. The van der Waals surface area contributed by atoms with Crippen LogP contribution in [0, 0.1) is 13.8 Å². The Labute approximate surface area is 180 Å². The summed E-state index contributed by atoms with van der Waals surface area (Å²) in [4.78, 5) is 0. The van der Waals surface area contributed by atoms with Crippen molar-refractivity contribution in [1.82, 2.24) is 15.5 Å². The first-order valence-electron chi connectivity index (χ1n) is 10.6. The molecule has 2 N–H and O–H groups in total. The number of hydrogen-bond donors (Lipinski definition) is 2. The highest BCUT2D eigenvalue weighted by Gasteiger charge is 2.26. The van der Waals surface area contributed by atoms with Crippen LogP contribution in [0.5, 0.6) is 0 Å². The lowest BCUT2D eigenvalue weighted by Crippen LogP contribution is -2.16. The molecular formula is C27H33N3. The fourth-order valence-corrected chi connectivity index (χ4v) is 4.12. The molecule has 0 aliphatic rings. The van der Waals surface area contributed by atoms with E-state index in [4.69, 9.17) is 0 Å². The monoisotopic (exact) mass is 399 g/mol. The number of nitrogens with one attached hydrogen (secondary N) is 2. The second kappa shape index (κ2) is 9.62. The van der Waals surface area contributed by atoms with E-state index in [0.29, 0.717) is 0 Å². The van der Waals surface area contributed by atoms with E-state index in [0.717, 1.165) is 29.8 Å². The molecule has 3 heteroatoms. The third-order valence-electron chi connectivity index (χ3n) is 5.88. The summed E-state index contributed by atoms with van der Waals surface area (Å²) in [6.45, 7) is 12.8. The van der Waals surface area contributed by atoms with Crippen LogP contribution >= 0.6 is 0 Å². The molecule has 0 aliphatic heterocycles. The van der Waals surface area contributed by atoms with Gasteiger partial charge in [-0.3, -0.25) is 5.10 Å². The van der Waals surface area contributed by atoms with Crippen LogP contribution in [0.2, 0.25) is 0 Å². The van der Waals surface area contributed by atoms with Crippen molar-refractivity contribution in [2.75, 3.05) is 7.05 Å². The Kier molecular flexibility index (Phi) is 6.94. The fraction of sp³-hybridized carbons (Fsp3) is 0.296. The first kappa shape index (κ1) is 21.6. The second-order valence-electron chi connectivity index (χ2n) is 8.14. The van der Waals surface area contributed by atoms with Gasteiger partial charge in [-0.1, -0.05) is 66.2 Å². The van der Waals surface area contributed by atoms with Gasteiger partial charge in [0.05, 0.1) is 6.20 Å². The van der Waals surface area contributed by atoms with Crippen LogP contribution in [0.15, 0.2) is 78.1 Å². The summed E-state index contributed by atoms with van der Waals surface area (Å²) in [5.74, 6) is 0.0860. The maximum Gasteiger partial charge on any atom is 0.0531 e. The Morgan fingerprint density at radius 3 is 2.30 bits per heavy atom. The molecule has 3 aromatic rings. The highest BCUT2D eigenvalue weighted by Crippen LogP contribution is 2.39. The first-order chi connectivity index (χ1) is 14.4. The van der Waals surface area contributed by atoms with Gasteiger partial charge in [-0.2, -0.15) is 5.10 Å². The summed E-state index contributed by atoms with van der Waals surface area (Å²) in [6, 6.07) is 17.7. The van der Waals surface area contributed by atoms with Crippen molar-refractivity contribution in [3.63, 3.8) is 0 Å². The number of allylic oxidation sites excluding steroid dienone is 3. The summed E-state index contributed by atoms with van der Waals surface area (Å²) >= 11 is 0. The first-order valence-corrected chi connectivity index (χ1v) is 10.6. The highest BCUT2D eigenvalue weighted by atomic mass is 15.1. The zero-order valence-electron chi connectivity index (χ0n) is 18.8. The zero-order chi connectivity index (χ0) is 21.7. The van der Waals surface area contributed by atoms with E-state index in [-0.39, 0.29) is 5.92 Å². The van der Waals surface area contributed by atoms with Crippen LogP contribution in [0.3, 0.4) is 0 Å². The molecule has 0 saturated carbocycles. The molecule has 0 fully saturated rings. The average Bonchev–Trinajstić information content (AvgIpc) is 3.16. The quantitative estimate of drug-likeness (QED) is 0.455. The molecule has 1 heterocycles. The topological polar surface area (TPSA) is 40.7 Å². The molecule has 0 radical (unpaired) electrons. The minimum absolute atomic E-state index is 0.0860. The lowest BCUT2D eigenvalue weighted by Gasteiger charge is -2.26. The largest absolute Gasteiger partial charge is 0.391 e. The normalized spacial score (nSPS) is 13.0. The van der Waals surface area contributed by atoms with E-state index in [1.165, 1.54) is 33.4 Å². The fourth-order valence-electron chi connectivity index (χ4n) is 4.12. The summed E-state index contributed by atoms with van der Waals surface area (Å²) in [6.07, 6.45) is 3.98. The van der Waals surface area contributed by atoms with Gasteiger partial charge in [-0.15, -0.1) is 0 Å². The van der Waals surface area contributed by atoms with E-state index in [1.54, 1.807) is 0 Å². The number of H-pyrrole nitrogens is 1. The highest BCUT2D eigenvalue weighted by molar-refractivity contribution is 5.52. The predicted molar refractivity (Wildman–Crippen MR) is 127 cm³/mol. The number of aryl methyl sites for hydroxylation is 4. The van der Waals surface area contributed by atoms with Crippen LogP contribution in [-0.4, -0.2) is 17.2 Å². The average molecular weight is 400 g/mol. The van der Waals surface area contributed by atoms with Gasteiger partial charge in [0, 0.05) is 29.9 Å². The van der Waals surface area contributed by atoms with Gasteiger partial charge in [0.2, 0.25) is 0 Å². The Hall–Kier alpha value is -3.07. The van der Waals surface area contributed by atoms with Crippen LogP contribution in [0.1, 0.15) is 53.3 Å². The van der Waals surface area contributed by atoms with Crippen molar-refractivity contribution in [2.45, 2.75) is 46.5 Å². The van der Waals surface area contributed by atoms with Crippen molar-refractivity contribution in [2.24, 2.45) is 0 Å². The number of nitrogens with zero attached hydrogens (tertiary/aromatic N) is 1. The maximum atomic E-state index is 4.33.